The molecular formula is C25H23N3O6S3. The number of thiocarbonyl (C=S) groups is 1. The summed E-state index contributed by atoms with van der Waals surface area (Å²) in [5, 5.41) is 2.78. The number of nitrogens with zero attached hydrogens (tertiary/aromatic N) is 2. The topological polar surface area (TPSA) is 113 Å². The SMILES string of the molecule is CCOc1ccc(NC(=O)CN2C(=O)/C(=C3\SC(=S)N([C@H]4CCS(=O)(=O)C4)C3=O)c3ccccc32)cc1. The first kappa shape index (κ1) is 25.4. The monoisotopic (exact) mass is 557 g/mol. The van der Waals surface area contributed by atoms with Crippen molar-refractivity contribution in [2.24, 2.45) is 0 Å². The van der Waals surface area contributed by atoms with Crippen LogP contribution in [0.25, 0.3) is 5.57 Å². The minimum atomic E-state index is -3.23. The maximum absolute atomic E-state index is 13.6. The van der Waals surface area contributed by atoms with Crippen molar-refractivity contribution in [2.45, 2.75) is 19.4 Å². The van der Waals surface area contributed by atoms with Crippen LogP contribution in [-0.2, 0) is 24.2 Å². The van der Waals surface area contributed by atoms with E-state index in [0.29, 0.717) is 35.7 Å². The molecule has 2 saturated heterocycles. The van der Waals surface area contributed by atoms with E-state index in [0.717, 1.165) is 11.8 Å². The fourth-order valence-electron chi connectivity index (χ4n) is 4.63. The van der Waals surface area contributed by atoms with Crippen LogP contribution in [0.2, 0.25) is 0 Å². The van der Waals surface area contributed by atoms with Gasteiger partial charge in [-0.3, -0.25) is 24.2 Å². The van der Waals surface area contributed by atoms with Gasteiger partial charge in [0.05, 0.1) is 40.3 Å². The van der Waals surface area contributed by atoms with Crippen LogP contribution in [0.5, 0.6) is 5.75 Å². The van der Waals surface area contributed by atoms with Crippen molar-refractivity contribution in [3.8, 4) is 5.75 Å². The van der Waals surface area contributed by atoms with Crippen molar-refractivity contribution in [2.75, 3.05) is 34.9 Å². The number of thioether (sulfide) groups is 1. The lowest BCUT2D eigenvalue weighted by atomic mass is 10.1. The van der Waals surface area contributed by atoms with Crippen molar-refractivity contribution in [3.63, 3.8) is 0 Å². The number of anilines is 2. The van der Waals surface area contributed by atoms with Gasteiger partial charge in [-0.05, 0) is 43.7 Å². The number of ether oxygens (including phenoxy) is 1. The Morgan fingerprint density at radius 2 is 1.86 bits per heavy atom. The fourth-order valence-corrected chi connectivity index (χ4v) is 7.80. The normalized spacial score (nSPS) is 22.5. The Morgan fingerprint density at radius 3 is 2.54 bits per heavy atom. The van der Waals surface area contributed by atoms with Gasteiger partial charge in [0, 0.05) is 11.3 Å². The van der Waals surface area contributed by atoms with E-state index < -0.39 is 33.6 Å². The quantitative estimate of drug-likeness (QED) is 0.426. The van der Waals surface area contributed by atoms with E-state index >= 15 is 0 Å². The smallest absolute Gasteiger partial charge is 0.267 e. The van der Waals surface area contributed by atoms with Crippen LogP contribution in [0.15, 0.2) is 53.4 Å². The molecular weight excluding hydrogens is 534 g/mol. The molecule has 2 aromatic rings. The van der Waals surface area contributed by atoms with E-state index in [1.807, 2.05) is 6.92 Å². The number of para-hydroxylation sites is 1. The number of carbonyl (C=O) groups is 3. The molecule has 3 heterocycles. The summed E-state index contributed by atoms with van der Waals surface area (Å²) in [6.07, 6.45) is 0.305. The number of amides is 3. The third kappa shape index (κ3) is 4.88. The largest absolute Gasteiger partial charge is 0.494 e. The Morgan fingerprint density at radius 1 is 1.14 bits per heavy atom. The van der Waals surface area contributed by atoms with Gasteiger partial charge in [0.2, 0.25) is 5.91 Å². The number of benzene rings is 2. The van der Waals surface area contributed by atoms with Gasteiger partial charge in [-0.15, -0.1) is 0 Å². The van der Waals surface area contributed by atoms with E-state index in [9.17, 15) is 22.8 Å². The zero-order chi connectivity index (χ0) is 26.3. The predicted octanol–water partition coefficient (Wildman–Crippen LogP) is 2.83. The number of carbonyl (C=O) groups excluding carboxylic acids is 3. The van der Waals surface area contributed by atoms with E-state index in [4.69, 9.17) is 17.0 Å². The lowest BCUT2D eigenvalue weighted by Crippen LogP contribution is -2.39. The van der Waals surface area contributed by atoms with E-state index in [1.165, 1.54) is 9.80 Å². The molecule has 2 fully saturated rings. The molecule has 0 aromatic heterocycles. The summed E-state index contributed by atoms with van der Waals surface area (Å²) in [5.74, 6) is -0.832. The molecule has 0 spiro atoms. The van der Waals surface area contributed by atoms with E-state index in [2.05, 4.69) is 5.32 Å². The van der Waals surface area contributed by atoms with Crippen molar-refractivity contribution in [1.29, 1.82) is 0 Å². The Hall–Kier alpha value is -3.22. The molecule has 0 unspecified atom stereocenters. The van der Waals surface area contributed by atoms with Gasteiger partial charge >= 0.3 is 0 Å². The molecule has 0 aliphatic carbocycles. The van der Waals surface area contributed by atoms with Crippen LogP contribution in [0, 0.1) is 0 Å². The molecule has 0 radical (unpaired) electrons. The number of sulfone groups is 1. The Kier molecular flexibility index (Phi) is 6.82. The van der Waals surface area contributed by atoms with Crippen LogP contribution in [0.3, 0.4) is 0 Å². The highest BCUT2D eigenvalue weighted by Crippen LogP contribution is 2.45. The highest BCUT2D eigenvalue weighted by atomic mass is 32.2. The molecule has 2 aromatic carbocycles. The van der Waals surface area contributed by atoms with Crippen molar-refractivity contribution in [3.05, 3.63) is 59.0 Å². The molecule has 0 bridgehead atoms. The summed E-state index contributed by atoms with van der Waals surface area (Å²) in [6.45, 7) is 2.16. The van der Waals surface area contributed by atoms with E-state index in [1.54, 1.807) is 48.5 Å². The molecule has 0 saturated carbocycles. The summed E-state index contributed by atoms with van der Waals surface area (Å²) >= 11 is 6.41. The van der Waals surface area contributed by atoms with Gasteiger partial charge in [-0.25, -0.2) is 8.42 Å². The van der Waals surface area contributed by atoms with Crippen LogP contribution < -0.4 is 15.0 Å². The summed E-state index contributed by atoms with van der Waals surface area (Å²) in [5.41, 5.74) is 1.77. The van der Waals surface area contributed by atoms with Crippen molar-refractivity contribution >= 4 is 72.8 Å². The zero-order valence-corrected chi connectivity index (χ0v) is 22.2. The number of hydrogen-bond donors (Lipinski definition) is 1. The molecule has 192 valence electrons. The molecule has 1 N–H and O–H groups in total. The summed E-state index contributed by atoms with van der Waals surface area (Å²) in [6, 6.07) is 13.3. The van der Waals surface area contributed by atoms with Crippen LogP contribution >= 0.6 is 24.0 Å². The van der Waals surface area contributed by atoms with E-state index in [-0.39, 0.29) is 32.8 Å². The number of fused-ring (bicyclic) bond motifs is 1. The summed E-state index contributed by atoms with van der Waals surface area (Å²) in [7, 11) is -3.23. The van der Waals surface area contributed by atoms with Gasteiger partial charge in [-0.2, -0.15) is 0 Å². The first-order valence-corrected chi connectivity index (χ1v) is 14.7. The third-order valence-corrected chi connectivity index (χ3v) is 9.42. The summed E-state index contributed by atoms with van der Waals surface area (Å²) in [4.78, 5) is 42.7. The highest BCUT2D eigenvalue weighted by Gasteiger charge is 2.46. The Balaban J connectivity index is 1.40. The average molecular weight is 558 g/mol. The van der Waals surface area contributed by atoms with Gasteiger partial charge < -0.3 is 10.1 Å². The number of hydrogen-bond acceptors (Lipinski definition) is 8. The first-order chi connectivity index (χ1) is 17.7. The van der Waals surface area contributed by atoms with Crippen molar-refractivity contribution < 1.29 is 27.5 Å². The third-order valence-electron chi connectivity index (χ3n) is 6.27. The minimum Gasteiger partial charge on any atom is -0.494 e. The zero-order valence-electron chi connectivity index (χ0n) is 19.8. The molecule has 3 aliphatic rings. The van der Waals surface area contributed by atoms with Crippen LogP contribution in [0.4, 0.5) is 11.4 Å². The summed E-state index contributed by atoms with van der Waals surface area (Å²) < 4.78 is 29.6. The molecule has 3 amide bonds. The van der Waals surface area contributed by atoms with Crippen molar-refractivity contribution in [1.82, 2.24) is 4.90 Å². The van der Waals surface area contributed by atoms with Crippen LogP contribution in [0.1, 0.15) is 18.9 Å². The van der Waals surface area contributed by atoms with Gasteiger partial charge in [0.15, 0.2) is 9.84 Å². The second-order valence-corrected chi connectivity index (χ2v) is 12.6. The lowest BCUT2D eigenvalue weighted by Gasteiger charge is -2.21. The second kappa shape index (κ2) is 9.92. The molecule has 1 atom stereocenters. The number of nitrogens with one attached hydrogen (secondary N) is 1. The number of rotatable bonds is 6. The minimum absolute atomic E-state index is 0.000357. The van der Waals surface area contributed by atoms with Crippen LogP contribution in [-0.4, -0.2) is 66.1 Å². The molecule has 9 nitrogen and oxygen atoms in total. The molecule has 37 heavy (non-hydrogen) atoms. The second-order valence-electron chi connectivity index (χ2n) is 8.72. The Bertz CT molecular complexity index is 1450. The standard InChI is InChI=1S/C25H23N3O6S3/c1-2-34-17-9-7-15(8-10-17)26-20(29)13-27-19-6-4-3-5-18(19)21(23(27)30)22-24(31)28(25(35)36-22)16-11-12-37(32,33)14-16/h3-10,16H,2,11-14H2,1H3,(H,26,29)/b22-21-/t16-/m0/s1. The molecule has 5 rings (SSSR count). The van der Waals surface area contributed by atoms with Gasteiger partial charge in [0.25, 0.3) is 11.8 Å². The van der Waals surface area contributed by atoms with Gasteiger partial charge in [0.1, 0.15) is 16.6 Å². The first-order valence-electron chi connectivity index (χ1n) is 11.6. The van der Waals surface area contributed by atoms with Gasteiger partial charge in [-0.1, -0.05) is 42.2 Å². The fraction of sp³-hybridized carbons (Fsp3) is 0.280. The maximum atomic E-state index is 13.6. The Labute approximate surface area is 223 Å². The maximum Gasteiger partial charge on any atom is 0.267 e. The average Bonchev–Trinajstić information content (AvgIpc) is 3.45. The molecule has 12 heteroatoms. The predicted molar refractivity (Wildman–Crippen MR) is 146 cm³/mol. The lowest BCUT2D eigenvalue weighted by molar-refractivity contribution is -0.123. The molecule has 3 aliphatic heterocycles. The highest BCUT2D eigenvalue weighted by molar-refractivity contribution is 8.26.